The van der Waals surface area contributed by atoms with Crippen molar-refractivity contribution in [2.24, 2.45) is 5.41 Å². The molecule has 23 heavy (non-hydrogen) atoms. The SMILES string of the molecule is CC(NC(=O)NCC(C)(C)C)c1ncc(-c2ccc(F)cc2)o1. The van der Waals surface area contributed by atoms with Gasteiger partial charge in [0.05, 0.1) is 6.20 Å². The summed E-state index contributed by atoms with van der Waals surface area (Å²) in [4.78, 5) is 16.0. The first-order chi connectivity index (χ1) is 10.7. The first kappa shape index (κ1) is 17.0. The minimum Gasteiger partial charge on any atom is -0.438 e. The zero-order valence-corrected chi connectivity index (χ0v) is 13.8. The number of carbonyl (C=O) groups is 1. The molecule has 2 aromatic rings. The second-order valence-corrected chi connectivity index (χ2v) is 6.68. The molecule has 0 spiro atoms. The van der Waals surface area contributed by atoms with E-state index in [9.17, 15) is 9.18 Å². The highest BCUT2D eigenvalue weighted by atomic mass is 19.1. The van der Waals surface area contributed by atoms with Crippen molar-refractivity contribution >= 4 is 6.03 Å². The predicted molar refractivity (Wildman–Crippen MR) is 86.3 cm³/mol. The lowest BCUT2D eigenvalue weighted by atomic mass is 9.97. The minimum atomic E-state index is -0.371. The number of amides is 2. The quantitative estimate of drug-likeness (QED) is 0.898. The third-order valence-electron chi connectivity index (χ3n) is 3.15. The lowest BCUT2D eigenvalue weighted by molar-refractivity contribution is 0.230. The van der Waals surface area contributed by atoms with Crippen LogP contribution in [0.2, 0.25) is 0 Å². The van der Waals surface area contributed by atoms with Gasteiger partial charge in [0, 0.05) is 12.1 Å². The minimum absolute atomic E-state index is 0.0132. The molecule has 0 aliphatic heterocycles. The highest BCUT2D eigenvalue weighted by Crippen LogP contribution is 2.23. The van der Waals surface area contributed by atoms with E-state index < -0.39 is 0 Å². The number of oxazole rings is 1. The summed E-state index contributed by atoms with van der Waals surface area (Å²) < 4.78 is 18.6. The maximum atomic E-state index is 12.9. The van der Waals surface area contributed by atoms with Gasteiger partial charge in [0.2, 0.25) is 5.89 Å². The Morgan fingerprint density at radius 2 is 1.96 bits per heavy atom. The number of halogens is 1. The van der Waals surface area contributed by atoms with Gasteiger partial charge in [-0.1, -0.05) is 20.8 Å². The Morgan fingerprint density at radius 1 is 1.30 bits per heavy atom. The molecule has 0 saturated carbocycles. The van der Waals surface area contributed by atoms with Crippen molar-refractivity contribution in [3.8, 4) is 11.3 Å². The third kappa shape index (κ3) is 5.09. The molecular weight excluding hydrogens is 297 g/mol. The number of carbonyl (C=O) groups excluding carboxylic acids is 1. The van der Waals surface area contributed by atoms with Gasteiger partial charge in [-0.05, 0) is 36.6 Å². The van der Waals surface area contributed by atoms with Crippen molar-refractivity contribution in [1.82, 2.24) is 15.6 Å². The summed E-state index contributed by atoms with van der Waals surface area (Å²) in [6, 6.07) is 5.32. The predicted octanol–water partition coefficient (Wildman–Crippen LogP) is 3.89. The van der Waals surface area contributed by atoms with Crippen molar-refractivity contribution in [1.29, 1.82) is 0 Å². The van der Waals surface area contributed by atoms with Crippen LogP contribution in [0.5, 0.6) is 0 Å². The van der Waals surface area contributed by atoms with Crippen LogP contribution in [-0.2, 0) is 0 Å². The molecule has 1 aromatic heterocycles. The van der Waals surface area contributed by atoms with E-state index in [0.717, 1.165) is 5.56 Å². The molecule has 0 radical (unpaired) electrons. The molecule has 1 aromatic carbocycles. The normalized spacial score (nSPS) is 12.7. The van der Waals surface area contributed by atoms with E-state index in [1.807, 2.05) is 20.8 Å². The lowest BCUT2D eigenvalue weighted by Gasteiger charge is -2.19. The summed E-state index contributed by atoms with van der Waals surface area (Å²) in [6.45, 7) is 8.48. The van der Waals surface area contributed by atoms with Crippen molar-refractivity contribution in [3.63, 3.8) is 0 Å². The molecule has 2 rings (SSSR count). The smallest absolute Gasteiger partial charge is 0.315 e. The topological polar surface area (TPSA) is 67.2 Å². The Labute approximate surface area is 135 Å². The maximum Gasteiger partial charge on any atom is 0.315 e. The highest BCUT2D eigenvalue weighted by molar-refractivity contribution is 5.74. The Bertz CT molecular complexity index is 659. The van der Waals surface area contributed by atoms with Crippen LogP contribution in [-0.4, -0.2) is 17.6 Å². The van der Waals surface area contributed by atoms with E-state index in [-0.39, 0.29) is 23.3 Å². The lowest BCUT2D eigenvalue weighted by Crippen LogP contribution is -2.40. The van der Waals surface area contributed by atoms with Gasteiger partial charge < -0.3 is 15.1 Å². The number of hydrogen-bond acceptors (Lipinski definition) is 3. The molecule has 2 amide bonds. The molecule has 2 N–H and O–H groups in total. The fraction of sp³-hybridized carbons (Fsp3) is 0.412. The Hall–Kier alpha value is -2.37. The summed E-state index contributed by atoms with van der Waals surface area (Å²) in [5.74, 6) is 0.623. The van der Waals surface area contributed by atoms with Crippen LogP contribution < -0.4 is 10.6 Å². The van der Waals surface area contributed by atoms with Gasteiger partial charge in [-0.2, -0.15) is 0 Å². The van der Waals surface area contributed by atoms with E-state index in [0.29, 0.717) is 18.2 Å². The first-order valence-electron chi connectivity index (χ1n) is 7.51. The van der Waals surface area contributed by atoms with Crippen LogP contribution in [0.25, 0.3) is 11.3 Å². The number of nitrogens with zero attached hydrogens (tertiary/aromatic N) is 1. The average Bonchev–Trinajstić information content (AvgIpc) is 2.95. The van der Waals surface area contributed by atoms with Gasteiger partial charge in [0.1, 0.15) is 11.9 Å². The van der Waals surface area contributed by atoms with Crippen LogP contribution >= 0.6 is 0 Å². The summed E-state index contributed by atoms with van der Waals surface area (Å²) >= 11 is 0. The van der Waals surface area contributed by atoms with Crippen molar-refractivity contribution in [2.75, 3.05) is 6.54 Å². The molecule has 0 aliphatic rings. The van der Waals surface area contributed by atoms with Crippen LogP contribution in [0.1, 0.15) is 39.6 Å². The van der Waals surface area contributed by atoms with E-state index in [1.165, 1.54) is 12.1 Å². The molecule has 1 heterocycles. The Balaban J connectivity index is 1.97. The molecule has 0 saturated heterocycles. The molecule has 0 fully saturated rings. The van der Waals surface area contributed by atoms with Gasteiger partial charge in [-0.3, -0.25) is 0 Å². The first-order valence-corrected chi connectivity index (χ1v) is 7.51. The fourth-order valence-electron chi connectivity index (χ4n) is 1.89. The molecule has 1 atom stereocenters. The van der Waals surface area contributed by atoms with Crippen LogP contribution in [0.15, 0.2) is 34.9 Å². The zero-order valence-electron chi connectivity index (χ0n) is 13.8. The Morgan fingerprint density at radius 3 is 2.57 bits per heavy atom. The van der Waals surface area contributed by atoms with Gasteiger partial charge in [-0.15, -0.1) is 0 Å². The summed E-state index contributed by atoms with van der Waals surface area (Å²) in [6.07, 6.45) is 1.56. The number of urea groups is 1. The molecular formula is C17H22FN3O2. The second kappa shape index (κ2) is 6.81. The fourth-order valence-corrected chi connectivity index (χ4v) is 1.89. The summed E-state index contributed by atoms with van der Waals surface area (Å²) in [5.41, 5.74) is 0.744. The van der Waals surface area contributed by atoms with Crippen molar-refractivity contribution < 1.29 is 13.6 Å². The van der Waals surface area contributed by atoms with E-state index in [1.54, 1.807) is 25.3 Å². The molecule has 5 nitrogen and oxygen atoms in total. The van der Waals surface area contributed by atoms with Gasteiger partial charge >= 0.3 is 6.03 Å². The number of nitrogens with one attached hydrogen (secondary N) is 2. The van der Waals surface area contributed by atoms with Crippen molar-refractivity contribution in [2.45, 2.75) is 33.7 Å². The third-order valence-corrected chi connectivity index (χ3v) is 3.15. The number of hydrogen-bond donors (Lipinski definition) is 2. The maximum absolute atomic E-state index is 12.9. The standard InChI is InChI=1S/C17H22FN3O2/c1-11(21-16(22)20-10-17(2,3)4)15-19-9-14(23-15)12-5-7-13(18)8-6-12/h5-9,11H,10H2,1-4H3,(H2,20,21,22). The Kier molecular flexibility index (Phi) is 5.03. The molecule has 6 heteroatoms. The number of benzene rings is 1. The number of rotatable bonds is 4. The molecule has 0 bridgehead atoms. The second-order valence-electron chi connectivity index (χ2n) is 6.68. The molecule has 1 unspecified atom stereocenters. The van der Waals surface area contributed by atoms with Crippen LogP contribution in [0.3, 0.4) is 0 Å². The zero-order chi connectivity index (χ0) is 17.0. The molecule has 0 aliphatic carbocycles. The van der Waals surface area contributed by atoms with Crippen LogP contribution in [0, 0.1) is 11.2 Å². The number of aromatic nitrogens is 1. The van der Waals surface area contributed by atoms with E-state index >= 15 is 0 Å². The van der Waals surface area contributed by atoms with Gasteiger partial charge in [0.25, 0.3) is 0 Å². The van der Waals surface area contributed by atoms with Crippen LogP contribution in [0.4, 0.5) is 9.18 Å². The molecule has 124 valence electrons. The van der Waals surface area contributed by atoms with Crippen molar-refractivity contribution in [3.05, 3.63) is 42.2 Å². The largest absolute Gasteiger partial charge is 0.438 e. The highest BCUT2D eigenvalue weighted by Gasteiger charge is 2.17. The van der Waals surface area contributed by atoms with E-state index in [2.05, 4.69) is 15.6 Å². The monoisotopic (exact) mass is 319 g/mol. The van der Waals surface area contributed by atoms with E-state index in [4.69, 9.17) is 4.42 Å². The summed E-state index contributed by atoms with van der Waals surface area (Å²) in [5, 5.41) is 5.58. The average molecular weight is 319 g/mol. The summed E-state index contributed by atoms with van der Waals surface area (Å²) in [7, 11) is 0. The van der Waals surface area contributed by atoms with Gasteiger partial charge in [-0.25, -0.2) is 14.2 Å². The van der Waals surface area contributed by atoms with Gasteiger partial charge in [0.15, 0.2) is 5.76 Å².